The van der Waals surface area contributed by atoms with E-state index >= 15 is 0 Å². The van der Waals surface area contributed by atoms with Crippen molar-refractivity contribution in [2.24, 2.45) is 11.8 Å². The van der Waals surface area contributed by atoms with E-state index in [0.29, 0.717) is 6.61 Å². The molecule has 1 aliphatic rings. The van der Waals surface area contributed by atoms with Crippen LogP contribution in [0.25, 0.3) is 0 Å². The van der Waals surface area contributed by atoms with E-state index in [-0.39, 0.29) is 23.9 Å². The summed E-state index contributed by atoms with van der Waals surface area (Å²) in [5.74, 6) is -1.23. The molecule has 1 N–H and O–H groups in total. The van der Waals surface area contributed by atoms with Crippen LogP contribution in [0.2, 0.25) is 0 Å². The van der Waals surface area contributed by atoms with E-state index in [9.17, 15) is 9.59 Å². The maximum absolute atomic E-state index is 12.1. The molecular weight excluding hydrogens is 270 g/mol. The number of carbonyl (C=O) groups is 2. The molecular formula is C16H21NO4. The Morgan fingerprint density at radius 1 is 1.19 bits per heavy atom. The minimum absolute atomic E-state index is 0.193. The van der Waals surface area contributed by atoms with Crippen LogP contribution in [0.4, 0.5) is 0 Å². The van der Waals surface area contributed by atoms with Crippen molar-refractivity contribution in [3.63, 3.8) is 0 Å². The molecule has 5 heteroatoms. The van der Waals surface area contributed by atoms with E-state index in [1.54, 1.807) is 6.92 Å². The second-order valence-electron chi connectivity index (χ2n) is 5.19. The van der Waals surface area contributed by atoms with Crippen LogP contribution in [0, 0.1) is 11.8 Å². The fourth-order valence-corrected chi connectivity index (χ4v) is 2.93. The first kappa shape index (κ1) is 15.5. The lowest BCUT2D eigenvalue weighted by atomic mass is 9.86. The van der Waals surface area contributed by atoms with Gasteiger partial charge in [-0.2, -0.15) is 0 Å². The zero-order valence-corrected chi connectivity index (χ0v) is 12.5. The Hall–Kier alpha value is -1.88. The molecule has 1 heterocycles. The van der Waals surface area contributed by atoms with Crippen molar-refractivity contribution in [3.8, 4) is 0 Å². The van der Waals surface area contributed by atoms with E-state index in [1.807, 2.05) is 37.3 Å². The molecule has 0 aliphatic carbocycles. The molecule has 114 valence electrons. The average molecular weight is 291 g/mol. The normalized spacial score (nSPS) is 28.1. The summed E-state index contributed by atoms with van der Waals surface area (Å²) >= 11 is 0. The number of nitrogens with one attached hydrogen (secondary N) is 1. The van der Waals surface area contributed by atoms with Gasteiger partial charge in [0.1, 0.15) is 6.04 Å². The van der Waals surface area contributed by atoms with Crippen molar-refractivity contribution in [3.05, 3.63) is 35.9 Å². The van der Waals surface area contributed by atoms with Crippen molar-refractivity contribution >= 4 is 11.9 Å². The Kier molecular flexibility index (Phi) is 4.96. The van der Waals surface area contributed by atoms with Crippen molar-refractivity contribution in [1.29, 1.82) is 0 Å². The predicted octanol–water partition coefficient (Wildman–Crippen LogP) is 1.69. The standard InChI is InChI=1S/C16H21NO4/c1-4-21-16(19)13-10(2)12(15(18)20-3)14(17-13)11-8-6-5-7-9-11/h5-10,12-14,17H,4H2,1-3H3/t10-,12-,13+,14+/m0/s1. The number of rotatable bonds is 4. The monoisotopic (exact) mass is 291 g/mol. The Labute approximate surface area is 124 Å². The molecule has 1 fully saturated rings. The molecule has 5 nitrogen and oxygen atoms in total. The number of hydrogen-bond acceptors (Lipinski definition) is 5. The van der Waals surface area contributed by atoms with Gasteiger partial charge in [-0.1, -0.05) is 37.3 Å². The average Bonchev–Trinajstić information content (AvgIpc) is 2.85. The first-order valence-corrected chi connectivity index (χ1v) is 7.15. The van der Waals surface area contributed by atoms with Crippen molar-refractivity contribution in [1.82, 2.24) is 5.32 Å². The van der Waals surface area contributed by atoms with Gasteiger partial charge in [-0.05, 0) is 18.4 Å². The Morgan fingerprint density at radius 2 is 1.86 bits per heavy atom. The second kappa shape index (κ2) is 6.72. The third-order valence-corrected chi connectivity index (χ3v) is 3.98. The highest BCUT2D eigenvalue weighted by Crippen LogP contribution is 2.38. The van der Waals surface area contributed by atoms with Gasteiger partial charge in [0.05, 0.1) is 19.6 Å². The Morgan fingerprint density at radius 3 is 2.43 bits per heavy atom. The summed E-state index contributed by atoms with van der Waals surface area (Å²) < 4.78 is 10.0. The predicted molar refractivity (Wildman–Crippen MR) is 77.4 cm³/mol. The topological polar surface area (TPSA) is 64.6 Å². The first-order chi connectivity index (χ1) is 10.1. The van der Waals surface area contributed by atoms with E-state index in [0.717, 1.165) is 5.56 Å². The van der Waals surface area contributed by atoms with Crippen molar-refractivity contribution in [2.45, 2.75) is 25.9 Å². The summed E-state index contributed by atoms with van der Waals surface area (Å²) in [5, 5.41) is 3.23. The van der Waals surface area contributed by atoms with Crippen LogP contribution in [0.5, 0.6) is 0 Å². The lowest BCUT2D eigenvalue weighted by molar-refractivity contribution is -0.148. The van der Waals surface area contributed by atoms with Gasteiger partial charge >= 0.3 is 11.9 Å². The number of methoxy groups -OCH3 is 1. The van der Waals surface area contributed by atoms with E-state index in [1.165, 1.54) is 7.11 Å². The zero-order valence-electron chi connectivity index (χ0n) is 12.5. The highest BCUT2D eigenvalue weighted by molar-refractivity contribution is 5.81. The lowest BCUT2D eigenvalue weighted by Gasteiger charge is -2.20. The number of carbonyl (C=O) groups excluding carboxylic acids is 2. The van der Waals surface area contributed by atoms with Gasteiger partial charge in [0.15, 0.2) is 0 Å². The fraction of sp³-hybridized carbons (Fsp3) is 0.500. The second-order valence-corrected chi connectivity index (χ2v) is 5.19. The van der Waals surface area contributed by atoms with Gasteiger partial charge in [-0.15, -0.1) is 0 Å². The molecule has 4 atom stereocenters. The Balaban J connectivity index is 2.29. The van der Waals surface area contributed by atoms with Crippen LogP contribution >= 0.6 is 0 Å². The van der Waals surface area contributed by atoms with Crippen LogP contribution in [0.1, 0.15) is 25.5 Å². The minimum atomic E-state index is -0.501. The molecule has 0 aromatic heterocycles. The van der Waals surface area contributed by atoms with Crippen LogP contribution in [-0.4, -0.2) is 31.7 Å². The third-order valence-electron chi connectivity index (χ3n) is 3.98. The SMILES string of the molecule is CCOC(=O)[C@@H]1N[C@H](c2ccccc2)[C@@H](C(=O)OC)[C@@H]1C. The van der Waals surface area contributed by atoms with Gasteiger partial charge in [-0.25, -0.2) is 0 Å². The smallest absolute Gasteiger partial charge is 0.323 e. The quantitative estimate of drug-likeness (QED) is 0.855. The Bertz CT molecular complexity index is 502. The number of hydrogen-bond donors (Lipinski definition) is 1. The molecule has 0 bridgehead atoms. The minimum Gasteiger partial charge on any atom is -0.469 e. The van der Waals surface area contributed by atoms with Gasteiger partial charge < -0.3 is 9.47 Å². The molecule has 0 spiro atoms. The van der Waals surface area contributed by atoms with Crippen molar-refractivity contribution < 1.29 is 19.1 Å². The van der Waals surface area contributed by atoms with Crippen molar-refractivity contribution in [2.75, 3.05) is 13.7 Å². The number of benzene rings is 1. The van der Waals surface area contributed by atoms with E-state index in [4.69, 9.17) is 9.47 Å². The largest absolute Gasteiger partial charge is 0.469 e. The van der Waals surface area contributed by atoms with Gasteiger partial charge in [0.25, 0.3) is 0 Å². The summed E-state index contributed by atoms with van der Waals surface area (Å²) in [4.78, 5) is 24.2. The maximum atomic E-state index is 12.1. The molecule has 0 saturated carbocycles. The molecule has 0 radical (unpaired) electrons. The third kappa shape index (κ3) is 3.08. The van der Waals surface area contributed by atoms with Crippen LogP contribution in [0.15, 0.2) is 30.3 Å². The molecule has 1 aromatic rings. The molecule has 1 aliphatic heterocycles. The summed E-state index contributed by atoms with van der Waals surface area (Å²) in [6.45, 7) is 3.96. The molecule has 21 heavy (non-hydrogen) atoms. The maximum Gasteiger partial charge on any atom is 0.323 e. The van der Waals surface area contributed by atoms with Gasteiger partial charge in [0, 0.05) is 6.04 Å². The molecule has 1 saturated heterocycles. The highest BCUT2D eigenvalue weighted by Gasteiger charge is 2.48. The molecule has 1 aromatic carbocycles. The molecule has 2 rings (SSSR count). The van der Waals surface area contributed by atoms with E-state index < -0.39 is 12.0 Å². The summed E-state index contributed by atoms with van der Waals surface area (Å²) in [6, 6.07) is 8.86. The molecule has 0 amide bonds. The lowest BCUT2D eigenvalue weighted by Crippen LogP contribution is -2.37. The zero-order chi connectivity index (χ0) is 15.4. The number of esters is 2. The van der Waals surface area contributed by atoms with E-state index in [2.05, 4.69) is 5.32 Å². The van der Waals surface area contributed by atoms with Gasteiger partial charge in [0.2, 0.25) is 0 Å². The summed E-state index contributed by atoms with van der Waals surface area (Å²) in [5.41, 5.74) is 0.964. The first-order valence-electron chi connectivity index (χ1n) is 7.15. The van der Waals surface area contributed by atoms with Crippen LogP contribution in [-0.2, 0) is 19.1 Å². The number of ether oxygens (including phenoxy) is 2. The van der Waals surface area contributed by atoms with Crippen LogP contribution in [0.3, 0.4) is 0 Å². The highest BCUT2D eigenvalue weighted by atomic mass is 16.5. The molecule has 0 unspecified atom stereocenters. The summed E-state index contributed by atoms with van der Waals surface area (Å²) in [7, 11) is 1.37. The van der Waals surface area contributed by atoms with Gasteiger partial charge in [-0.3, -0.25) is 14.9 Å². The summed E-state index contributed by atoms with van der Waals surface area (Å²) in [6.07, 6.45) is 0. The van der Waals surface area contributed by atoms with Crippen LogP contribution < -0.4 is 5.32 Å². The fourth-order valence-electron chi connectivity index (χ4n) is 2.93.